The summed E-state index contributed by atoms with van der Waals surface area (Å²) in [5.74, 6) is -5.36. The van der Waals surface area contributed by atoms with E-state index < -0.39 is 77.7 Å². The summed E-state index contributed by atoms with van der Waals surface area (Å²) in [7, 11) is 0. The number of carbonyl (C=O) groups excluding carboxylic acids is 3. The second-order valence-corrected chi connectivity index (χ2v) is 9.02. The van der Waals surface area contributed by atoms with E-state index in [0.717, 1.165) is 0 Å². The lowest BCUT2D eigenvalue weighted by atomic mass is 9.73. The van der Waals surface area contributed by atoms with Crippen molar-refractivity contribution in [2.45, 2.75) is 77.1 Å². The standard InChI is InChI=1S/C19H22F6O6/c1-4-5-16(2,3)13(26)29-10-8-6-9-11(10)30-14(27)17(9,7-8)15(28)31-12(18(20,21)22)19(23,24)25/h8-12H,4-7H2,1-3H3/t8-,9?,10?,11?,17?/m0/s1. The van der Waals surface area contributed by atoms with Gasteiger partial charge in [0.25, 0.3) is 6.10 Å². The zero-order valence-corrected chi connectivity index (χ0v) is 16.9. The van der Waals surface area contributed by atoms with Gasteiger partial charge in [0, 0.05) is 11.8 Å². The summed E-state index contributed by atoms with van der Waals surface area (Å²) >= 11 is 0. The van der Waals surface area contributed by atoms with E-state index in [9.17, 15) is 40.7 Å². The van der Waals surface area contributed by atoms with Gasteiger partial charge in [-0.3, -0.25) is 14.4 Å². The van der Waals surface area contributed by atoms with Crippen LogP contribution < -0.4 is 0 Å². The van der Waals surface area contributed by atoms with E-state index in [0.29, 0.717) is 12.8 Å². The molecule has 0 aromatic heterocycles. The maximum atomic E-state index is 12.8. The van der Waals surface area contributed by atoms with Crippen molar-refractivity contribution in [3.8, 4) is 0 Å². The first-order chi connectivity index (χ1) is 14.1. The van der Waals surface area contributed by atoms with E-state index in [4.69, 9.17) is 9.47 Å². The molecule has 2 saturated carbocycles. The highest BCUT2D eigenvalue weighted by molar-refractivity contribution is 6.03. The molecule has 1 saturated heterocycles. The van der Waals surface area contributed by atoms with Crippen molar-refractivity contribution in [2.24, 2.45) is 22.7 Å². The molecule has 3 rings (SSSR count). The monoisotopic (exact) mass is 460 g/mol. The fourth-order valence-electron chi connectivity index (χ4n) is 4.97. The van der Waals surface area contributed by atoms with Crippen LogP contribution in [0.1, 0.15) is 46.5 Å². The molecular formula is C19H22F6O6. The quantitative estimate of drug-likeness (QED) is 0.260. The summed E-state index contributed by atoms with van der Waals surface area (Å²) in [4.78, 5) is 37.4. The molecular weight excluding hydrogens is 438 g/mol. The van der Waals surface area contributed by atoms with Crippen LogP contribution in [0.2, 0.25) is 0 Å². The summed E-state index contributed by atoms with van der Waals surface area (Å²) < 4.78 is 91.2. The molecule has 176 valence electrons. The maximum absolute atomic E-state index is 12.8. The van der Waals surface area contributed by atoms with Crippen molar-refractivity contribution in [3.05, 3.63) is 0 Å². The molecule has 6 nitrogen and oxygen atoms in total. The van der Waals surface area contributed by atoms with Gasteiger partial charge in [-0.2, -0.15) is 26.3 Å². The minimum atomic E-state index is -5.90. The third-order valence-corrected chi connectivity index (χ3v) is 6.42. The second-order valence-electron chi connectivity index (χ2n) is 9.02. The van der Waals surface area contributed by atoms with Crippen LogP contribution in [0.5, 0.6) is 0 Å². The van der Waals surface area contributed by atoms with E-state index in [1.807, 2.05) is 6.92 Å². The minimum Gasteiger partial charge on any atom is -0.458 e. The fourth-order valence-corrected chi connectivity index (χ4v) is 4.97. The number of fused-ring (bicyclic) bond motifs is 1. The highest BCUT2D eigenvalue weighted by atomic mass is 19.4. The molecule has 0 amide bonds. The molecule has 3 fully saturated rings. The molecule has 12 heteroatoms. The van der Waals surface area contributed by atoms with Gasteiger partial charge in [0.2, 0.25) is 0 Å². The Hall–Kier alpha value is -2.01. The third-order valence-electron chi connectivity index (χ3n) is 6.42. The summed E-state index contributed by atoms with van der Waals surface area (Å²) in [5, 5.41) is 0. The lowest BCUT2D eigenvalue weighted by Crippen LogP contribution is -2.51. The number of hydrogen-bond donors (Lipinski definition) is 0. The van der Waals surface area contributed by atoms with Crippen LogP contribution in [0.3, 0.4) is 0 Å². The van der Waals surface area contributed by atoms with Crippen molar-refractivity contribution in [1.82, 2.24) is 0 Å². The number of ether oxygens (including phenoxy) is 3. The average molecular weight is 460 g/mol. The van der Waals surface area contributed by atoms with Crippen molar-refractivity contribution < 1.29 is 54.9 Å². The Morgan fingerprint density at radius 1 is 1.16 bits per heavy atom. The molecule has 4 unspecified atom stereocenters. The number of rotatable bonds is 6. The van der Waals surface area contributed by atoms with Crippen LogP contribution in [-0.4, -0.2) is 48.6 Å². The predicted octanol–water partition coefficient (Wildman–Crippen LogP) is 3.71. The molecule has 0 N–H and O–H groups in total. The normalized spacial score (nSPS) is 32.4. The van der Waals surface area contributed by atoms with Gasteiger partial charge >= 0.3 is 30.3 Å². The van der Waals surface area contributed by atoms with Crippen LogP contribution in [0.4, 0.5) is 26.3 Å². The van der Waals surface area contributed by atoms with Crippen LogP contribution >= 0.6 is 0 Å². The summed E-state index contributed by atoms with van der Waals surface area (Å²) in [6.45, 7) is 5.21. The van der Waals surface area contributed by atoms with Crippen LogP contribution in [-0.2, 0) is 28.6 Å². The fraction of sp³-hybridized carbons (Fsp3) is 0.842. The van der Waals surface area contributed by atoms with E-state index in [1.54, 1.807) is 13.8 Å². The number of hydrogen-bond acceptors (Lipinski definition) is 6. The Bertz CT molecular complexity index is 761. The third kappa shape index (κ3) is 3.75. The molecule has 2 bridgehead atoms. The minimum absolute atomic E-state index is 0.0837. The van der Waals surface area contributed by atoms with Gasteiger partial charge in [-0.05, 0) is 33.1 Å². The highest BCUT2D eigenvalue weighted by Gasteiger charge is 2.76. The number of carbonyl (C=O) groups is 3. The molecule has 0 radical (unpaired) electrons. The number of halogens is 6. The molecule has 0 aromatic rings. The van der Waals surface area contributed by atoms with Gasteiger partial charge in [0.15, 0.2) is 5.41 Å². The van der Waals surface area contributed by atoms with Crippen molar-refractivity contribution in [3.63, 3.8) is 0 Å². The van der Waals surface area contributed by atoms with Gasteiger partial charge in [-0.25, -0.2) is 0 Å². The Morgan fingerprint density at radius 3 is 2.26 bits per heavy atom. The van der Waals surface area contributed by atoms with E-state index >= 15 is 0 Å². The first-order valence-corrected chi connectivity index (χ1v) is 9.82. The van der Waals surface area contributed by atoms with E-state index in [2.05, 4.69) is 4.74 Å². The first kappa shape index (κ1) is 23.6. The smallest absolute Gasteiger partial charge is 0.434 e. The summed E-state index contributed by atoms with van der Waals surface area (Å²) in [6.07, 6.45) is -17.3. The SMILES string of the molecule is CCCC(C)(C)C(=O)OC1C2OC(=O)C3(C(=O)OC(C(F)(F)F)C(F)(F)F)C[C@@H]1CC23. The van der Waals surface area contributed by atoms with Gasteiger partial charge in [0.1, 0.15) is 12.2 Å². The average Bonchev–Trinajstić information content (AvgIpc) is 3.19. The highest BCUT2D eigenvalue weighted by Crippen LogP contribution is 2.63. The largest absolute Gasteiger partial charge is 0.458 e. The Labute approximate surface area is 173 Å². The summed E-state index contributed by atoms with van der Waals surface area (Å²) in [5.41, 5.74) is -3.09. The Morgan fingerprint density at radius 2 is 1.74 bits per heavy atom. The summed E-state index contributed by atoms with van der Waals surface area (Å²) in [6, 6.07) is 0. The Kier molecular flexibility index (Phi) is 5.54. The second kappa shape index (κ2) is 7.26. The van der Waals surface area contributed by atoms with E-state index in [1.165, 1.54) is 0 Å². The molecule has 5 atom stereocenters. The lowest BCUT2D eigenvalue weighted by Gasteiger charge is -2.33. The topological polar surface area (TPSA) is 78.9 Å². The van der Waals surface area contributed by atoms with Crippen LogP contribution in [0.25, 0.3) is 0 Å². The zero-order valence-electron chi connectivity index (χ0n) is 16.9. The maximum Gasteiger partial charge on any atom is 0.434 e. The zero-order chi connectivity index (χ0) is 23.6. The molecule has 0 aromatic carbocycles. The van der Waals surface area contributed by atoms with Crippen molar-refractivity contribution in [1.29, 1.82) is 0 Å². The van der Waals surface area contributed by atoms with Gasteiger partial charge in [-0.15, -0.1) is 0 Å². The number of esters is 3. The van der Waals surface area contributed by atoms with E-state index in [-0.39, 0.29) is 6.42 Å². The van der Waals surface area contributed by atoms with Crippen molar-refractivity contribution >= 4 is 17.9 Å². The first-order valence-electron chi connectivity index (χ1n) is 9.82. The molecule has 1 heterocycles. The van der Waals surface area contributed by atoms with Gasteiger partial charge in [0.05, 0.1) is 5.41 Å². The molecule has 1 aliphatic heterocycles. The Balaban J connectivity index is 1.79. The van der Waals surface area contributed by atoms with Gasteiger partial charge < -0.3 is 14.2 Å². The molecule has 3 aliphatic rings. The molecule has 31 heavy (non-hydrogen) atoms. The van der Waals surface area contributed by atoms with Crippen LogP contribution in [0.15, 0.2) is 0 Å². The van der Waals surface area contributed by atoms with Crippen molar-refractivity contribution in [2.75, 3.05) is 0 Å². The molecule has 2 aliphatic carbocycles. The lowest BCUT2D eigenvalue weighted by molar-refractivity contribution is -0.315. The van der Waals surface area contributed by atoms with Gasteiger partial charge in [-0.1, -0.05) is 13.3 Å². The van der Waals surface area contributed by atoms with Crippen LogP contribution in [0, 0.1) is 22.7 Å². The molecule has 0 spiro atoms. The number of alkyl halides is 6. The predicted molar refractivity (Wildman–Crippen MR) is 89.1 cm³/mol.